The molecule has 2 atom stereocenters. The van der Waals surface area contributed by atoms with Crippen molar-refractivity contribution in [2.75, 3.05) is 93.6 Å². The van der Waals surface area contributed by atoms with Gasteiger partial charge in [0.1, 0.15) is 0 Å². The van der Waals surface area contributed by atoms with Gasteiger partial charge < -0.3 is 96.9 Å². The zero-order valence-electron chi connectivity index (χ0n) is 29.0. The molecule has 4 saturated heterocycles. The standard InChI is InChI=1S/C7H14N.2C6H12N.C5H10N.4C2H6N.8CH4.4W/c1-7-5-3-4-6-8(7)2;1-6-4-3-5-7(6)2;1-7-5-3-2-4-6-7;1-6-4-2-3-5-6;4*1-2-3;;;;;;;;;;;;/h7H,1,3-6H2,2H3;6H,1,3-5H2,2H3;3H,2,4-6H2,1H3;2H,3-5H2,1H3;4*1-3H2;8*1H4;;;;/q8*-1;;;;;;;;;4*+2. The van der Waals surface area contributed by atoms with Crippen LogP contribution in [0.1, 0.15) is 111 Å². The average molecular weight is 1430 g/mol. The summed E-state index contributed by atoms with van der Waals surface area (Å²) < 4.78 is 0. The fourth-order valence-electron chi connectivity index (χ4n) is 3.75. The van der Waals surface area contributed by atoms with Crippen molar-refractivity contribution in [2.24, 2.45) is 22.9 Å². The smallest absolute Gasteiger partial charge is 0.360 e. The van der Waals surface area contributed by atoms with Crippen molar-refractivity contribution in [3.8, 4) is 0 Å². The van der Waals surface area contributed by atoms with E-state index in [0.29, 0.717) is 38.3 Å². The summed E-state index contributed by atoms with van der Waals surface area (Å²) >= 11 is 0. The van der Waals surface area contributed by atoms with E-state index < -0.39 is 0 Å². The van der Waals surface area contributed by atoms with E-state index in [2.05, 4.69) is 102 Å². The van der Waals surface area contributed by atoms with Crippen LogP contribution >= 0.6 is 0 Å². The molecule has 0 aromatic rings. The molecular formula is C40H104N8W4. The predicted molar refractivity (Wildman–Crippen MR) is 236 cm³/mol. The van der Waals surface area contributed by atoms with E-state index in [1.54, 1.807) is 0 Å². The number of nitrogens with zero attached hydrogens (tertiary/aromatic N) is 4. The number of hydrogen-bond acceptors (Lipinski definition) is 8. The van der Waals surface area contributed by atoms with Gasteiger partial charge in [-0.2, -0.15) is 12.8 Å². The van der Waals surface area contributed by atoms with Gasteiger partial charge in [-0.1, -0.05) is 85.1 Å². The first-order valence-electron chi connectivity index (χ1n) is 15.1. The Morgan fingerprint density at radius 3 is 0.885 bits per heavy atom. The van der Waals surface area contributed by atoms with Crippen LogP contribution < -0.4 is 22.9 Å². The summed E-state index contributed by atoms with van der Waals surface area (Å²) in [7, 11) is 8.58. The summed E-state index contributed by atoms with van der Waals surface area (Å²) in [5.74, 6) is 0. The molecule has 0 amide bonds. The molecule has 4 heterocycles. The Morgan fingerprint density at radius 2 is 0.750 bits per heavy atom. The molecule has 328 valence electrons. The minimum atomic E-state index is 0. The second-order valence-corrected chi connectivity index (χ2v) is 10.1. The number of hydrogen-bond donors (Lipinski definition) is 4. The van der Waals surface area contributed by atoms with Crippen LogP contribution in [0.2, 0.25) is 0 Å². The van der Waals surface area contributed by atoms with Gasteiger partial charge in [-0.25, -0.2) is 0 Å². The van der Waals surface area contributed by atoms with E-state index in [4.69, 9.17) is 22.9 Å². The van der Waals surface area contributed by atoms with Gasteiger partial charge in [0.05, 0.1) is 0 Å². The van der Waals surface area contributed by atoms with Crippen LogP contribution in [-0.4, -0.2) is 125 Å². The van der Waals surface area contributed by atoms with Gasteiger partial charge in [-0.05, 0) is 67.2 Å². The van der Waals surface area contributed by atoms with Gasteiger partial charge in [0, 0.05) is 0 Å². The van der Waals surface area contributed by atoms with Crippen LogP contribution in [0, 0.1) is 54.4 Å². The molecule has 0 aromatic heterocycles. The average Bonchev–Trinajstić information content (AvgIpc) is 3.55. The topological polar surface area (TPSA) is 117 Å². The second kappa shape index (κ2) is 89.9. The fourth-order valence-corrected chi connectivity index (χ4v) is 3.75. The minimum Gasteiger partial charge on any atom is -0.360 e. The quantitative estimate of drug-likeness (QED) is 0.182. The zero-order valence-corrected chi connectivity index (χ0v) is 40.7. The molecule has 0 aliphatic carbocycles. The summed E-state index contributed by atoms with van der Waals surface area (Å²) in [6.07, 6.45) is 15.3. The maximum atomic E-state index is 4.74. The van der Waals surface area contributed by atoms with Crippen LogP contribution in [0.3, 0.4) is 0 Å². The maximum Gasteiger partial charge on any atom is 2.00 e. The molecule has 0 spiro atoms. The summed E-state index contributed by atoms with van der Waals surface area (Å²) in [4.78, 5) is 9.26. The van der Waals surface area contributed by atoms with Crippen molar-refractivity contribution in [2.45, 2.75) is 123 Å². The van der Waals surface area contributed by atoms with Gasteiger partial charge in [-0.15, -0.1) is 51.4 Å². The maximum absolute atomic E-state index is 4.74. The number of piperidine rings is 2. The van der Waals surface area contributed by atoms with Crippen LogP contribution in [-0.2, 0) is 84.3 Å². The Labute approximate surface area is 394 Å². The fraction of sp³-hybridized carbons (Fsp3) is 0.800. The van der Waals surface area contributed by atoms with E-state index in [-0.39, 0.29) is 144 Å². The third-order valence-corrected chi connectivity index (χ3v) is 6.14. The molecule has 0 aromatic carbocycles. The van der Waals surface area contributed by atoms with Crippen molar-refractivity contribution >= 4 is 0 Å². The largest absolute Gasteiger partial charge is 2.00 e. The number of rotatable bonds is 0. The van der Waals surface area contributed by atoms with Crippen molar-refractivity contribution in [3.63, 3.8) is 0 Å². The molecule has 4 fully saturated rings. The summed E-state index contributed by atoms with van der Waals surface area (Å²) in [5.41, 5.74) is 18.9. The van der Waals surface area contributed by atoms with E-state index in [1.165, 1.54) is 90.6 Å². The Kier molecular flexibility index (Phi) is 182. The summed E-state index contributed by atoms with van der Waals surface area (Å²) in [6, 6.07) is 1.18. The van der Waals surface area contributed by atoms with E-state index >= 15 is 0 Å². The Balaban J connectivity index is -0.0000000202. The molecular weight excluding hydrogens is 1330 g/mol. The van der Waals surface area contributed by atoms with E-state index in [1.807, 2.05) is 0 Å². The SMILES string of the molecule is C.C.C.C.C.C.C.C.CN1C[CH-]CC1.CN1C[CH-]CCC1.[CH2-]C1CCCCN1C.[CH2-]C1CCCN1C.[CH2-]CN.[CH2-]CN.[CH2-]CN.[CH2-]CN.[W+2].[W+2].[W+2].[W+2]. The molecule has 8 N–H and O–H groups in total. The summed E-state index contributed by atoms with van der Waals surface area (Å²) in [6.45, 7) is 30.4. The zero-order chi connectivity index (χ0) is 31.6. The van der Waals surface area contributed by atoms with Gasteiger partial charge in [0.2, 0.25) is 0 Å². The first-order valence-corrected chi connectivity index (χ1v) is 15.1. The van der Waals surface area contributed by atoms with Gasteiger partial charge in [0.15, 0.2) is 0 Å². The van der Waals surface area contributed by atoms with Crippen LogP contribution in [0.4, 0.5) is 0 Å². The van der Waals surface area contributed by atoms with Crippen molar-refractivity contribution in [1.82, 2.24) is 19.6 Å². The number of likely N-dealkylation sites (tertiary alicyclic amines) is 4. The molecule has 4 aliphatic rings. The van der Waals surface area contributed by atoms with Gasteiger partial charge in [0.25, 0.3) is 0 Å². The molecule has 4 rings (SSSR count). The number of nitrogens with two attached hydrogens (primary N) is 4. The van der Waals surface area contributed by atoms with Gasteiger partial charge in [-0.3, -0.25) is 0 Å². The Morgan fingerprint density at radius 1 is 0.462 bits per heavy atom. The Hall–Kier alpha value is 2.43. The molecule has 4 aliphatic heterocycles. The van der Waals surface area contributed by atoms with E-state index in [0.717, 1.165) is 0 Å². The van der Waals surface area contributed by atoms with Crippen molar-refractivity contribution in [1.29, 1.82) is 0 Å². The third-order valence-electron chi connectivity index (χ3n) is 6.14. The minimum absolute atomic E-state index is 0. The van der Waals surface area contributed by atoms with Crippen LogP contribution in [0.15, 0.2) is 0 Å². The molecule has 8 nitrogen and oxygen atoms in total. The Bertz CT molecular complexity index is 412. The van der Waals surface area contributed by atoms with Crippen molar-refractivity contribution in [3.05, 3.63) is 54.4 Å². The van der Waals surface area contributed by atoms with Gasteiger partial charge >= 0.3 is 84.3 Å². The third kappa shape index (κ3) is 93.9. The van der Waals surface area contributed by atoms with Crippen LogP contribution in [0.5, 0.6) is 0 Å². The first-order chi connectivity index (χ1) is 19.1. The predicted octanol–water partition coefficient (Wildman–Crippen LogP) is 7.86. The van der Waals surface area contributed by atoms with E-state index in [9.17, 15) is 0 Å². The van der Waals surface area contributed by atoms with Crippen molar-refractivity contribution < 1.29 is 84.3 Å². The first kappa shape index (κ1) is 105. The monoisotopic (exact) mass is 1430 g/mol. The molecule has 12 heteroatoms. The molecule has 0 bridgehead atoms. The molecule has 52 heavy (non-hydrogen) atoms. The molecule has 0 radical (unpaired) electrons. The molecule has 0 saturated carbocycles. The summed E-state index contributed by atoms with van der Waals surface area (Å²) in [5, 5.41) is 0. The normalized spacial score (nSPS) is 17.4. The second-order valence-electron chi connectivity index (χ2n) is 10.1. The molecule has 2 unspecified atom stereocenters. The van der Waals surface area contributed by atoms with Crippen LogP contribution in [0.25, 0.3) is 0 Å².